The van der Waals surface area contributed by atoms with Crippen molar-refractivity contribution in [3.05, 3.63) is 42.1 Å². The molecule has 2 aromatic rings. The van der Waals surface area contributed by atoms with Gasteiger partial charge in [0.2, 0.25) is 11.8 Å². The normalized spacial score (nSPS) is 12.2. The molecule has 1 aromatic heterocycles. The molecule has 0 fully saturated rings. The predicted octanol–water partition coefficient (Wildman–Crippen LogP) is 4.61. The second kappa shape index (κ2) is 9.21. The zero-order valence-corrected chi connectivity index (χ0v) is 19.7. The van der Waals surface area contributed by atoms with Crippen molar-refractivity contribution in [3.8, 4) is 5.69 Å². The van der Waals surface area contributed by atoms with Gasteiger partial charge >= 0.3 is 0 Å². The van der Waals surface area contributed by atoms with Gasteiger partial charge in [0.25, 0.3) is 0 Å². The smallest absolute Gasteiger partial charge is 0.245 e. The number of alkyl halides is 1. The number of nitrogens with zero attached hydrogens (tertiary/aromatic N) is 3. The van der Waals surface area contributed by atoms with E-state index in [0.29, 0.717) is 5.82 Å². The van der Waals surface area contributed by atoms with Crippen LogP contribution in [-0.2, 0) is 15.0 Å². The fraction of sp³-hybridized carbons (Fsp3) is 0.522. The van der Waals surface area contributed by atoms with E-state index in [4.69, 9.17) is 16.7 Å². The molecule has 2 rings (SSSR count). The number of amides is 2. The molecule has 1 aromatic carbocycles. The lowest BCUT2D eigenvalue weighted by Crippen LogP contribution is -2.48. The summed E-state index contributed by atoms with van der Waals surface area (Å²) in [7, 11) is 0. The number of rotatable bonds is 7. The molecule has 7 heteroatoms. The van der Waals surface area contributed by atoms with E-state index < -0.39 is 5.41 Å². The third-order valence-electron chi connectivity index (χ3n) is 4.86. The number of para-hydroxylation sites is 1. The van der Waals surface area contributed by atoms with E-state index in [0.717, 1.165) is 11.4 Å². The third kappa shape index (κ3) is 5.63. The Hall–Kier alpha value is -2.34. The van der Waals surface area contributed by atoms with E-state index in [-0.39, 0.29) is 35.7 Å². The molecule has 0 aliphatic rings. The van der Waals surface area contributed by atoms with E-state index in [1.165, 1.54) is 0 Å². The molecule has 0 aliphatic heterocycles. The van der Waals surface area contributed by atoms with E-state index in [1.54, 1.807) is 23.4 Å². The fourth-order valence-corrected chi connectivity index (χ4v) is 2.99. The first kappa shape index (κ1) is 23.9. The molecule has 2 amide bonds. The summed E-state index contributed by atoms with van der Waals surface area (Å²) < 4.78 is 1.72. The number of halogens is 1. The molecule has 30 heavy (non-hydrogen) atoms. The van der Waals surface area contributed by atoms with Crippen LogP contribution < -0.4 is 5.32 Å². The molecule has 0 saturated heterocycles. The maximum atomic E-state index is 12.9. The summed E-state index contributed by atoms with van der Waals surface area (Å²) >= 11 is 5.98. The van der Waals surface area contributed by atoms with Crippen molar-refractivity contribution in [2.75, 3.05) is 17.7 Å². The summed E-state index contributed by atoms with van der Waals surface area (Å²) in [6.45, 7) is 13.5. The molecule has 164 valence electrons. The highest BCUT2D eigenvalue weighted by atomic mass is 35.5. The fourth-order valence-electron chi connectivity index (χ4n) is 2.87. The standard InChI is InChI=1S/C23H33ClN4O2/c1-16(2)27(21(30)23(6,7)15-24)14-20(29)25-19-13-18(22(3,4)5)26-28(19)17-11-9-8-10-12-17/h8-13,16H,14-15H2,1-7H3,(H,25,29). The van der Waals surface area contributed by atoms with Crippen LogP contribution in [0.3, 0.4) is 0 Å². The van der Waals surface area contributed by atoms with Crippen LogP contribution in [0.25, 0.3) is 5.69 Å². The highest BCUT2D eigenvalue weighted by Gasteiger charge is 2.33. The van der Waals surface area contributed by atoms with Crippen molar-refractivity contribution in [3.63, 3.8) is 0 Å². The average Bonchev–Trinajstić information content (AvgIpc) is 3.10. The first-order valence-corrected chi connectivity index (χ1v) is 10.7. The molecule has 0 radical (unpaired) electrons. The summed E-state index contributed by atoms with van der Waals surface area (Å²) in [6, 6.07) is 11.4. The van der Waals surface area contributed by atoms with Gasteiger partial charge in [-0.3, -0.25) is 9.59 Å². The second-order valence-electron chi connectivity index (χ2n) is 9.50. The lowest BCUT2D eigenvalue weighted by molar-refractivity contribution is -0.143. The van der Waals surface area contributed by atoms with Crippen molar-refractivity contribution in [2.45, 2.75) is 59.9 Å². The van der Waals surface area contributed by atoms with Crippen LogP contribution in [-0.4, -0.2) is 45.0 Å². The Morgan fingerprint density at radius 2 is 1.73 bits per heavy atom. The molecule has 0 spiro atoms. The van der Waals surface area contributed by atoms with Crippen LogP contribution in [0, 0.1) is 5.41 Å². The quantitative estimate of drug-likeness (QED) is 0.649. The highest BCUT2D eigenvalue weighted by Crippen LogP contribution is 2.27. The number of carbonyl (C=O) groups is 2. The second-order valence-corrected chi connectivity index (χ2v) is 9.77. The summed E-state index contributed by atoms with van der Waals surface area (Å²) in [4.78, 5) is 27.4. The van der Waals surface area contributed by atoms with Gasteiger partial charge in [-0.05, 0) is 39.8 Å². The monoisotopic (exact) mass is 432 g/mol. The van der Waals surface area contributed by atoms with Crippen LogP contribution in [0.5, 0.6) is 0 Å². The molecule has 0 atom stereocenters. The van der Waals surface area contributed by atoms with Gasteiger partial charge in [0.1, 0.15) is 12.4 Å². The molecule has 0 unspecified atom stereocenters. The number of aromatic nitrogens is 2. The van der Waals surface area contributed by atoms with Crippen molar-refractivity contribution in [2.24, 2.45) is 5.41 Å². The largest absolute Gasteiger partial charge is 0.330 e. The van der Waals surface area contributed by atoms with Crippen molar-refractivity contribution in [1.82, 2.24) is 14.7 Å². The Kier molecular flexibility index (Phi) is 7.35. The number of benzene rings is 1. The number of nitrogens with one attached hydrogen (secondary N) is 1. The van der Waals surface area contributed by atoms with Gasteiger partial charge in [-0.1, -0.05) is 39.0 Å². The Bertz CT molecular complexity index is 882. The number of anilines is 1. The molecular formula is C23H33ClN4O2. The van der Waals surface area contributed by atoms with Gasteiger partial charge in [0, 0.05) is 23.4 Å². The molecule has 0 saturated carbocycles. The van der Waals surface area contributed by atoms with Crippen LogP contribution >= 0.6 is 11.6 Å². The first-order valence-electron chi connectivity index (χ1n) is 10.2. The minimum Gasteiger partial charge on any atom is -0.330 e. The molecule has 1 heterocycles. The molecule has 1 N–H and O–H groups in total. The number of carbonyl (C=O) groups excluding carboxylic acids is 2. The Balaban J connectivity index is 2.31. The Morgan fingerprint density at radius 1 is 1.13 bits per heavy atom. The van der Waals surface area contributed by atoms with Gasteiger partial charge in [0.05, 0.1) is 16.8 Å². The topological polar surface area (TPSA) is 67.2 Å². The highest BCUT2D eigenvalue weighted by molar-refractivity contribution is 6.19. The van der Waals surface area contributed by atoms with Gasteiger partial charge < -0.3 is 10.2 Å². The van der Waals surface area contributed by atoms with Crippen molar-refractivity contribution in [1.29, 1.82) is 0 Å². The van der Waals surface area contributed by atoms with Crippen LogP contribution in [0.4, 0.5) is 5.82 Å². The minimum absolute atomic E-state index is 0.0539. The SMILES string of the molecule is CC(C)N(CC(=O)Nc1cc(C(C)(C)C)nn1-c1ccccc1)C(=O)C(C)(C)CCl. The van der Waals surface area contributed by atoms with E-state index in [2.05, 4.69) is 26.1 Å². The summed E-state index contributed by atoms with van der Waals surface area (Å²) in [5.41, 5.74) is 0.798. The molecule has 0 aliphatic carbocycles. The molecule has 6 nitrogen and oxygen atoms in total. The average molecular weight is 433 g/mol. The first-order chi connectivity index (χ1) is 13.9. The van der Waals surface area contributed by atoms with Gasteiger partial charge in [-0.15, -0.1) is 11.6 Å². The number of hydrogen-bond acceptors (Lipinski definition) is 3. The van der Waals surface area contributed by atoms with E-state index in [9.17, 15) is 9.59 Å². The Morgan fingerprint density at radius 3 is 2.23 bits per heavy atom. The van der Waals surface area contributed by atoms with Gasteiger partial charge in [0.15, 0.2) is 0 Å². The molecular weight excluding hydrogens is 400 g/mol. The molecule has 0 bridgehead atoms. The van der Waals surface area contributed by atoms with E-state index >= 15 is 0 Å². The van der Waals surface area contributed by atoms with Gasteiger partial charge in [-0.25, -0.2) is 4.68 Å². The lowest BCUT2D eigenvalue weighted by atomic mass is 9.92. The van der Waals surface area contributed by atoms with E-state index in [1.807, 2.05) is 50.2 Å². The summed E-state index contributed by atoms with van der Waals surface area (Å²) in [5.74, 6) is 0.338. The summed E-state index contributed by atoms with van der Waals surface area (Å²) in [5, 5.41) is 7.66. The van der Waals surface area contributed by atoms with Crippen molar-refractivity contribution >= 4 is 29.2 Å². The maximum Gasteiger partial charge on any atom is 0.245 e. The number of hydrogen-bond donors (Lipinski definition) is 1. The van der Waals surface area contributed by atoms with Gasteiger partial charge in [-0.2, -0.15) is 5.10 Å². The predicted molar refractivity (Wildman–Crippen MR) is 122 cm³/mol. The maximum absolute atomic E-state index is 12.9. The zero-order valence-electron chi connectivity index (χ0n) is 19.0. The van der Waals surface area contributed by atoms with Crippen molar-refractivity contribution < 1.29 is 9.59 Å². The zero-order chi connectivity index (χ0) is 22.7. The Labute approximate surface area is 184 Å². The van der Waals surface area contributed by atoms with Crippen LogP contribution in [0.1, 0.15) is 54.2 Å². The minimum atomic E-state index is -0.739. The van der Waals surface area contributed by atoms with Crippen LogP contribution in [0.15, 0.2) is 36.4 Å². The third-order valence-corrected chi connectivity index (χ3v) is 5.53. The van der Waals surface area contributed by atoms with Crippen LogP contribution in [0.2, 0.25) is 0 Å². The lowest BCUT2D eigenvalue weighted by Gasteiger charge is -2.33. The summed E-state index contributed by atoms with van der Waals surface area (Å²) in [6.07, 6.45) is 0.